The molecule has 5 heteroatoms. The maximum absolute atomic E-state index is 12.1. The Morgan fingerprint density at radius 3 is 0.917 bits per heavy atom. The number of aliphatic hydroxyl groups is 1. The van der Waals surface area contributed by atoms with Crippen LogP contribution in [0.25, 0.3) is 0 Å². The van der Waals surface area contributed by atoms with Crippen LogP contribution in [-0.2, 0) is 19.1 Å². The summed E-state index contributed by atoms with van der Waals surface area (Å²) < 4.78 is 10.5. The topological polar surface area (TPSA) is 72.8 Å². The molecule has 0 aromatic carbocycles. The van der Waals surface area contributed by atoms with Crippen molar-refractivity contribution in [3.8, 4) is 0 Å². The van der Waals surface area contributed by atoms with Gasteiger partial charge in [0.05, 0.1) is 6.61 Å². The fraction of sp³-hybridized carbons (Fsp3) is 0.953. The Hall–Kier alpha value is -1.10. The van der Waals surface area contributed by atoms with Gasteiger partial charge < -0.3 is 14.6 Å². The van der Waals surface area contributed by atoms with Gasteiger partial charge in [0.25, 0.3) is 0 Å². The molecule has 0 rings (SSSR count). The number of ether oxygens (including phenoxy) is 2. The van der Waals surface area contributed by atoms with Crippen molar-refractivity contribution in [2.24, 2.45) is 0 Å². The zero-order valence-electron chi connectivity index (χ0n) is 32.5. The number of hydrogen-bond donors (Lipinski definition) is 1. The van der Waals surface area contributed by atoms with Crippen LogP contribution in [0.1, 0.15) is 245 Å². The van der Waals surface area contributed by atoms with Crippen LogP contribution in [0.2, 0.25) is 0 Å². The maximum Gasteiger partial charge on any atom is 0.306 e. The molecule has 0 aromatic heterocycles. The fourth-order valence-electron chi connectivity index (χ4n) is 6.62. The van der Waals surface area contributed by atoms with Gasteiger partial charge >= 0.3 is 11.9 Å². The number of carbonyl (C=O) groups excluding carboxylic acids is 2. The van der Waals surface area contributed by atoms with E-state index >= 15 is 0 Å². The van der Waals surface area contributed by atoms with Crippen molar-refractivity contribution in [1.82, 2.24) is 0 Å². The largest absolute Gasteiger partial charge is 0.462 e. The van der Waals surface area contributed by atoms with Crippen molar-refractivity contribution in [3.05, 3.63) is 0 Å². The lowest BCUT2D eigenvalue weighted by Gasteiger charge is -2.15. The summed E-state index contributed by atoms with van der Waals surface area (Å²) in [5.41, 5.74) is 0. The minimum Gasteiger partial charge on any atom is -0.462 e. The van der Waals surface area contributed by atoms with Crippen molar-refractivity contribution in [3.63, 3.8) is 0 Å². The lowest BCUT2D eigenvalue weighted by Crippen LogP contribution is -2.28. The Morgan fingerprint density at radius 1 is 0.396 bits per heavy atom. The van der Waals surface area contributed by atoms with Crippen molar-refractivity contribution >= 4 is 11.9 Å². The van der Waals surface area contributed by atoms with E-state index in [1.807, 2.05) is 0 Å². The number of aliphatic hydroxyl groups excluding tert-OH is 1. The Labute approximate surface area is 299 Å². The quantitative estimate of drug-likeness (QED) is 0.0515. The van der Waals surface area contributed by atoms with Crippen LogP contribution in [0.5, 0.6) is 0 Å². The number of rotatable bonds is 40. The zero-order valence-corrected chi connectivity index (χ0v) is 32.5. The SMILES string of the molecule is CCCCCCCCCCCCCCCCCCCCCCCCCCCCCCC(=O)OC(CO)COC(=O)CCCCCCCC. The molecule has 0 bridgehead atoms. The molecule has 1 atom stereocenters. The first-order chi connectivity index (χ1) is 23.6. The molecular weight excluding hydrogens is 596 g/mol. The Bertz CT molecular complexity index is 651. The molecule has 286 valence electrons. The highest BCUT2D eigenvalue weighted by Gasteiger charge is 2.16. The van der Waals surface area contributed by atoms with Crippen LogP contribution < -0.4 is 0 Å². The molecule has 0 aliphatic carbocycles. The lowest BCUT2D eigenvalue weighted by atomic mass is 10.0. The molecule has 0 spiro atoms. The van der Waals surface area contributed by atoms with Gasteiger partial charge in [-0.1, -0.05) is 219 Å². The van der Waals surface area contributed by atoms with Crippen LogP contribution in [0.3, 0.4) is 0 Å². The van der Waals surface area contributed by atoms with Gasteiger partial charge in [0.15, 0.2) is 6.10 Å². The van der Waals surface area contributed by atoms with Gasteiger partial charge in [-0.05, 0) is 12.8 Å². The average molecular weight is 681 g/mol. The van der Waals surface area contributed by atoms with E-state index in [1.54, 1.807) is 0 Å². The molecule has 48 heavy (non-hydrogen) atoms. The molecular formula is C43H84O5. The molecule has 0 fully saturated rings. The summed E-state index contributed by atoms with van der Waals surface area (Å²) in [5, 5.41) is 9.49. The van der Waals surface area contributed by atoms with E-state index in [1.165, 1.54) is 180 Å². The standard InChI is InChI=1S/C43H84O5/c1-3-5-7-9-11-12-13-14-15-16-17-18-19-20-21-22-23-24-25-26-27-28-29-30-31-32-34-36-38-43(46)48-41(39-44)40-47-42(45)37-35-33-10-8-6-4-2/h41,44H,3-40H2,1-2H3. The van der Waals surface area contributed by atoms with Gasteiger partial charge in [0.2, 0.25) is 0 Å². The normalized spacial score (nSPS) is 12.0. The molecule has 0 aliphatic rings. The first-order valence-electron chi connectivity index (χ1n) is 21.6. The molecule has 1 unspecified atom stereocenters. The molecule has 0 saturated heterocycles. The lowest BCUT2D eigenvalue weighted by molar-refractivity contribution is -0.161. The van der Waals surface area contributed by atoms with E-state index in [-0.39, 0.29) is 25.2 Å². The second-order valence-electron chi connectivity index (χ2n) is 14.8. The van der Waals surface area contributed by atoms with Crippen LogP contribution in [0.4, 0.5) is 0 Å². The highest BCUT2D eigenvalue weighted by molar-refractivity contribution is 5.70. The van der Waals surface area contributed by atoms with E-state index in [9.17, 15) is 14.7 Å². The Kier molecular flexibility index (Phi) is 39.4. The molecule has 1 N–H and O–H groups in total. The van der Waals surface area contributed by atoms with Gasteiger partial charge in [-0.25, -0.2) is 0 Å². The number of carbonyl (C=O) groups is 2. The van der Waals surface area contributed by atoms with Gasteiger partial charge in [-0.15, -0.1) is 0 Å². The molecule has 0 aliphatic heterocycles. The van der Waals surface area contributed by atoms with Crippen LogP contribution in [-0.4, -0.2) is 36.4 Å². The fourth-order valence-corrected chi connectivity index (χ4v) is 6.62. The van der Waals surface area contributed by atoms with Crippen LogP contribution in [0.15, 0.2) is 0 Å². The second-order valence-corrected chi connectivity index (χ2v) is 14.8. The first-order valence-corrected chi connectivity index (χ1v) is 21.6. The minimum atomic E-state index is -0.759. The van der Waals surface area contributed by atoms with E-state index in [4.69, 9.17) is 9.47 Å². The predicted octanol–water partition coefficient (Wildman–Crippen LogP) is 13.5. The third kappa shape index (κ3) is 37.7. The highest BCUT2D eigenvalue weighted by atomic mass is 16.6. The first kappa shape index (κ1) is 46.9. The summed E-state index contributed by atoms with van der Waals surface area (Å²) in [5.74, 6) is -0.587. The van der Waals surface area contributed by atoms with Crippen molar-refractivity contribution in [2.45, 2.75) is 251 Å². The Morgan fingerprint density at radius 2 is 0.646 bits per heavy atom. The summed E-state index contributed by atoms with van der Waals surface area (Å²) in [6.45, 7) is 4.10. The molecule has 0 saturated carbocycles. The predicted molar refractivity (Wildman–Crippen MR) is 205 cm³/mol. The zero-order chi connectivity index (χ0) is 35.0. The van der Waals surface area contributed by atoms with Crippen molar-refractivity contribution in [1.29, 1.82) is 0 Å². The summed E-state index contributed by atoms with van der Waals surface area (Å²) in [6, 6.07) is 0. The monoisotopic (exact) mass is 681 g/mol. The smallest absolute Gasteiger partial charge is 0.306 e. The van der Waals surface area contributed by atoms with Crippen molar-refractivity contribution in [2.75, 3.05) is 13.2 Å². The van der Waals surface area contributed by atoms with E-state index < -0.39 is 6.10 Å². The summed E-state index contributed by atoms with van der Waals surface area (Å²) >= 11 is 0. The van der Waals surface area contributed by atoms with Gasteiger partial charge in [0, 0.05) is 12.8 Å². The third-order valence-electron chi connectivity index (χ3n) is 9.90. The maximum atomic E-state index is 12.1. The molecule has 0 heterocycles. The number of hydrogen-bond acceptors (Lipinski definition) is 5. The van der Waals surface area contributed by atoms with Gasteiger partial charge in [-0.2, -0.15) is 0 Å². The summed E-state index contributed by atoms with van der Waals surface area (Å²) in [7, 11) is 0. The highest BCUT2D eigenvalue weighted by Crippen LogP contribution is 2.17. The van der Waals surface area contributed by atoms with Gasteiger partial charge in [-0.3, -0.25) is 9.59 Å². The number of unbranched alkanes of at least 4 members (excludes halogenated alkanes) is 32. The number of esters is 2. The van der Waals surface area contributed by atoms with Crippen molar-refractivity contribution < 1.29 is 24.2 Å². The molecule has 0 aromatic rings. The van der Waals surface area contributed by atoms with Crippen LogP contribution >= 0.6 is 0 Å². The van der Waals surface area contributed by atoms with E-state index in [0.717, 1.165) is 38.5 Å². The van der Waals surface area contributed by atoms with E-state index in [0.29, 0.717) is 12.8 Å². The minimum absolute atomic E-state index is 0.0591. The summed E-state index contributed by atoms with van der Waals surface area (Å²) in [6.07, 6.45) is 45.1. The summed E-state index contributed by atoms with van der Waals surface area (Å²) in [4.78, 5) is 24.0. The van der Waals surface area contributed by atoms with Gasteiger partial charge in [0.1, 0.15) is 6.61 Å². The Balaban J connectivity index is 3.33. The molecule has 0 amide bonds. The molecule has 0 radical (unpaired) electrons. The third-order valence-corrected chi connectivity index (χ3v) is 9.90. The van der Waals surface area contributed by atoms with E-state index in [2.05, 4.69) is 13.8 Å². The van der Waals surface area contributed by atoms with Crippen LogP contribution in [0, 0.1) is 0 Å². The molecule has 5 nitrogen and oxygen atoms in total. The second kappa shape index (κ2) is 40.3. The average Bonchev–Trinajstić information content (AvgIpc) is 3.09.